The molecule has 2 heteroatoms. The monoisotopic (exact) mass is 303 g/mol. The van der Waals surface area contributed by atoms with Gasteiger partial charge in [0.1, 0.15) is 0 Å². The van der Waals surface area contributed by atoms with Crippen molar-refractivity contribution in [1.82, 2.24) is 0 Å². The molecular formula is C16H18BrN. The maximum atomic E-state index is 3.51. The fraction of sp³-hybridized carbons (Fsp3) is 0.375. The van der Waals surface area contributed by atoms with Crippen LogP contribution in [0.1, 0.15) is 31.4 Å². The highest BCUT2D eigenvalue weighted by molar-refractivity contribution is 9.09. The zero-order valence-corrected chi connectivity index (χ0v) is 12.3. The Bertz CT molecular complexity index is 559. The molecule has 2 aromatic carbocycles. The molecule has 0 radical (unpaired) electrons. The fourth-order valence-electron chi connectivity index (χ4n) is 3.00. The summed E-state index contributed by atoms with van der Waals surface area (Å²) in [5, 5.41) is 3.94. The van der Waals surface area contributed by atoms with E-state index in [9.17, 15) is 0 Å². The Hall–Kier alpha value is -1.02. The predicted molar refractivity (Wildman–Crippen MR) is 82.7 cm³/mol. The lowest BCUT2D eigenvalue weighted by Crippen LogP contribution is -2.23. The topological polar surface area (TPSA) is 3.24 Å². The number of unbranched alkanes of at least 4 members (excludes halogenated alkanes) is 1. The van der Waals surface area contributed by atoms with Crippen molar-refractivity contribution in [3.63, 3.8) is 0 Å². The van der Waals surface area contributed by atoms with Crippen LogP contribution in [0.25, 0.3) is 10.8 Å². The third-order valence-electron chi connectivity index (χ3n) is 3.92. The van der Waals surface area contributed by atoms with Crippen LogP contribution >= 0.6 is 15.9 Å². The maximum Gasteiger partial charge on any atom is 0.0521 e. The van der Waals surface area contributed by atoms with Crippen molar-refractivity contribution in [3.05, 3.63) is 42.0 Å². The highest BCUT2D eigenvalue weighted by Crippen LogP contribution is 2.43. The lowest BCUT2D eigenvalue weighted by molar-refractivity contribution is 0.657. The van der Waals surface area contributed by atoms with Crippen LogP contribution in [0, 0.1) is 0 Å². The summed E-state index contributed by atoms with van der Waals surface area (Å²) in [6.45, 7) is 3.48. The minimum absolute atomic E-state index is 0.515. The highest BCUT2D eigenvalue weighted by atomic mass is 79.9. The van der Waals surface area contributed by atoms with E-state index in [-0.39, 0.29) is 0 Å². The van der Waals surface area contributed by atoms with Gasteiger partial charge in [0.2, 0.25) is 0 Å². The lowest BCUT2D eigenvalue weighted by Gasteiger charge is -2.25. The minimum Gasteiger partial charge on any atom is -0.364 e. The van der Waals surface area contributed by atoms with Gasteiger partial charge in [-0.15, -0.1) is 0 Å². The molecule has 0 N–H and O–H groups in total. The van der Waals surface area contributed by atoms with Gasteiger partial charge in [-0.05, 0) is 36.8 Å². The van der Waals surface area contributed by atoms with Gasteiger partial charge in [-0.1, -0.05) is 46.3 Å². The molecule has 2 aromatic rings. The predicted octanol–water partition coefficient (Wildman–Crippen LogP) is 4.90. The van der Waals surface area contributed by atoms with Crippen molar-refractivity contribution >= 4 is 32.4 Å². The quantitative estimate of drug-likeness (QED) is 0.574. The summed E-state index contributed by atoms with van der Waals surface area (Å²) in [5.74, 6) is 0. The average Bonchev–Trinajstić information content (AvgIpc) is 2.67. The minimum atomic E-state index is 0.515. The van der Waals surface area contributed by atoms with Crippen molar-refractivity contribution in [1.29, 1.82) is 0 Å². The van der Waals surface area contributed by atoms with Crippen LogP contribution in [-0.4, -0.2) is 11.9 Å². The number of alkyl halides is 1. The summed E-state index contributed by atoms with van der Waals surface area (Å²) in [6, 6.07) is 13.9. The number of anilines is 1. The highest BCUT2D eigenvalue weighted by Gasteiger charge is 2.27. The number of nitrogens with zero attached hydrogens (tertiary/aromatic N) is 1. The molecule has 0 fully saturated rings. The average molecular weight is 304 g/mol. The second-order valence-corrected chi connectivity index (χ2v) is 5.78. The molecule has 0 spiro atoms. The third-order valence-corrected chi connectivity index (χ3v) is 4.49. The number of benzene rings is 2. The Morgan fingerprint density at radius 3 is 2.67 bits per heavy atom. The van der Waals surface area contributed by atoms with E-state index < -0.39 is 0 Å². The molecule has 1 atom stereocenters. The van der Waals surface area contributed by atoms with Crippen LogP contribution < -0.4 is 4.90 Å². The molecule has 0 amide bonds. The number of hydrogen-bond acceptors (Lipinski definition) is 1. The van der Waals surface area contributed by atoms with E-state index in [2.05, 4.69) is 64.2 Å². The van der Waals surface area contributed by atoms with Crippen molar-refractivity contribution in [2.45, 2.75) is 25.8 Å². The molecule has 1 aliphatic heterocycles. The normalized spacial score (nSPS) is 17.7. The van der Waals surface area contributed by atoms with Gasteiger partial charge >= 0.3 is 0 Å². The maximum absolute atomic E-state index is 3.51. The third kappa shape index (κ3) is 1.83. The fourth-order valence-corrected chi connectivity index (χ4v) is 3.40. The Morgan fingerprint density at radius 2 is 1.89 bits per heavy atom. The van der Waals surface area contributed by atoms with Gasteiger partial charge < -0.3 is 4.90 Å². The zero-order valence-electron chi connectivity index (χ0n) is 10.7. The first kappa shape index (κ1) is 12.0. The van der Waals surface area contributed by atoms with Crippen LogP contribution in [0.2, 0.25) is 0 Å². The van der Waals surface area contributed by atoms with Crippen molar-refractivity contribution in [3.8, 4) is 0 Å². The largest absolute Gasteiger partial charge is 0.364 e. The number of hydrogen-bond donors (Lipinski definition) is 0. The summed E-state index contributed by atoms with van der Waals surface area (Å²) in [7, 11) is 0. The molecule has 94 valence electrons. The molecule has 1 aliphatic rings. The zero-order chi connectivity index (χ0) is 12.5. The van der Waals surface area contributed by atoms with Crippen molar-refractivity contribution < 1.29 is 0 Å². The summed E-state index contributed by atoms with van der Waals surface area (Å²) in [5.41, 5.74) is 2.91. The van der Waals surface area contributed by atoms with Crippen molar-refractivity contribution in [2.75, 3.05) is 16.8 Å². The SMILES string of the molecule is CC1c2cccc3cccc(c23)N1CCCCBr. The molecule has 3 rings (SSSR count). The first-order chi connectivity index (χ1) is 8.83. The summed E-state index contributed by atoms with van der Waals surface area (Å²) < 4.78 is 0. The van der Waals surface area contributed by atoms with E-state index in [0.717, 1.165) is 11.9 Å². The van der Waals surface area contributed by atoms with Crippen LogP contribution in [0.4, 0.5) is 5.69 Å². The molecule has 1 heterocycles. The van der Waals surface area contributed by atoms with Crippen LogP contribution in [0.3, 0.4) is 0 Å². The second kappa shape index (κ2) is 4.93. The first-order valence-corrected chi connectivity index (χ1v) is 7.79. The molecule has 18 heavy (non-hydrogen) atoms. The molecular weight excluding hydrogens is 286 g/mol. The first-order valence-electron chi connectivity index (χ1n) is 6.67. The lowest BCUT2D eigenvalue weighted by atomic mass is 10.0. The van der Waals surface area contributed by atoms with E-state index in [1.165, 1.54) is 34.9 Å². The standard InChI is InChI=1S/C16H18BrN/c1-12-14-8-4-6-13-7-5-9-15(16(13)14)18(12)11-3-2-10-17/h4-9,12H,2-3,10-11H2,1H3. The van der Waals surface area contributed by atoms with Crippen LogP contribution in [0.15, 0.2) is 36.4 Å². The second-order valence-electron chi connectivity index (χ2n) is 4.99. The summed E-state index contributed by atoms with van der Waals surface area (Å²) in [6.07, 6.45) is 2.50. The van der Waals surface area contributed by atoms with Gasteiger partial charge in [0, 0.05) is 22.9 Å². The molecule has 0 bridgehead atoms. The Balaban J connectivity index is 2.00. The van der Waals surface area contributed by atoms with E-state index in [0.29, 0.717) is 6.04 Å². The molecule has 1 nitrogen and oxygen atoms in total. The van der Waals surface area contributed by atoms with E-state index in [1.54, 1.807) is 0 Å². The smallest absolute Gasteiger partial charge is 0.0521 e. The van der Waals surface area contributed by atoms with Crippen LogP contribution in [-0.2, 0) is 0 Å². The van der Waals surface area contributed by atoms with Crippen molar-refractivity contribution in [2.24, 2.45) is 0 Å². The Kier molecular flexibility index (Phi) is 3.29. The summed E-state index contributed by atoms with van der Waals surface area (Å²) >= 11 is 3.51. The Labute approximate surface area is 117 Å². The number of halogens is 1. The molecule has 0 saturated carbocycles. The van der Waals surface area contributed by atoms with Gasteiger partial charge in [0.05, 0.1) is 6.04 Å². The molecule has 1 unspecified atom stereocenters. The van der Waals surface area contributed by atoms with Gasteiger partial charge in [0.25, 0.3) is 0 Å². The molecule has 0 saturated heterocycles. The summed E-state index contributed by atoms with van der Waals surface area (Å²) in [4.78, 5) is 2.56. The van der Waals surface area contributed by atoms with Gasteiger partial charge in [-0.3, -0.25) is 0 Å². The Morgan fingerprint density at radius 1 is 1.11 bits per heavy atom. The van der Waals surface area contributed by atoms with E-state index in [1.807, 2.05) is 0 Å². The van der Waals surface area contributed by atoms with Crippen LogP contribution in [0.5, 0.6) is 0 Å². The van der Waals surface area contributed by atoms with E-state index >= 15 is 0 Å². The van der Waals surface area contributed by atoms with E-state index in [4.69, 9.17) is 0 Å². The van der Waals surface area contributed by atoms with Gasteiger partial charge in [-0.2, -0.15) is 0 Å². The van der Waals surface area contributed by atoms with Gasteiger partial charge in [0.15, 0.2) is 0 Å². The number of rotatable bonds is 4. The molecule has 0 aliphatic carbocycles. The molecule has 0 aromatic heterocycles. The van der Waals surface area contributed by atoms with Gasteiger partial charge in [-0.25, -0.2) is 0 Å².